The topological polar surface area (TPSA) is 76.1 Å². The van der Waals surface area contributed by atoms with Crippen molar-refractivity contribution in [1.29, 1.82) is 0 Å². The van der Waals surface area contributed by atoms with Crippen LogP contribution in [0.25, 0.3) is 0 Å². The van der Waals surface area contributed by atoms with E-state index in [0.29, 0.717) is 22.3 Å². The van der Waals surface area contributed by atoms with Gasteiger partial charge in [0.15, 0.2) is 5.69 Å². The van der Waals surface area contributed by atoms with E-state index in [9.17, 15) is 4.79 Å². The average molecular weight is 307 g/mol. The summed E-state index contributed by atoms with van der Waals surface area (Å²) in [5, 5.41) is 14.0. The van der Waals surface area contributed by atoms with E-state index >= 15 is 0 Å². The van der Waals surface area contributed by atoms with Gasteiger partial charge in [-0.15, -0.1) is 10.2 Å². The molecule has 2 rings (SSSR count). The Balaban J connectivity index is 2.10. The fourth-order valence-corrected chi connectivity index (χ4v) is 1.86. The van der Waals surface area contributed by atoms with Crippen molar-refractivity contribution in [3.63, 3.8) is 0 Å². The molecule has 0 unspecified atom stereocenters. The molecule has 0 radical (unpaired) electrons. The Morgan fingerprint density at radius 3 is 2.71 bits per heavy atom. The molecule has 0 atom stereocenters. The van der Waals surface area contributed by atoms with Crippen LogP contribution in [0.2, 0.25) is 5.02 Å². The maximum atomic E-state index is 12.1. The van der Waals surface area contributed by atoms with Gasteiger partial charge in [-0.3, -0.25) is 4.79 Å². The molecule has 0 aliphatic heterocycles. The number of ether oxygens (including phenoxy) is 1. The molecule has 2 aromatic rings. The number of benzene rings is 1. The number of nitrogens with zero attached hydrogens (tertiary/aromatic N) is 2. The molecule has 7 heteroatoms. The van der Waals surface area contributed by atoms with Crippen LogP contribution in [0.15, 0.2) is 30.3 Å². The first-order chi connectivity index (χ1) is 10.1. The summed E-state index contributed by atoms with van der Waals surface area (Å²) < 4.78 is 5.10. The molecular weight excluding hydrogens is 292 g/mol. The Kier molecular flexibility index (Phi) is 4.94. The van der Waals surface area contributed by atoms with Gasteiger partial charge in [-0.25, -0.2) is 0 Å². The van der Waals surface area contributed by atoms with Gasteiger partial charge in [-0.2, -0.15) is 0 Å². The Morgan fingerprint density at radius 1 is 1.29 bits per heavy atom. The molecule has 0 saturated heterocycles. The number of nitrogens with one attached hydrogen (secondary N) is 2. The highest BCUT2D eigenvalue weighted by atomic mass is 35.5. The van der Waals surface area contributed by atoms with Crippen molar-refractivity contribution in [3.8, 4) is 5.75 Å². The molecule has 0 aliphatic rings. The lowest BCUT2D eigenvalue weighted by molar-refractivity contribution is 0.102. The third-order valence-corrected chi connectivity index (χ3v) is 2.98. The maximum absolute atomic E-state index is 12.1. The van der Waals surface area contributed by atoms with Crippen LogP contribution >= 0.6 is 11.6 Å². The molecule has 0 bridgehead atoms. The predicted octanol–water partition coefficient (Wildman–Crippen LogP) is 2.82. The first-order valence-corrected chi connectivity index (χ1v) is 6.74. The fraction of sp³-hybridized carbons (Fsp3) is 0.214. The Hall–Kier alpha value is -2.34. The second-order valence-electron chi connectivity index (χ2n) is 4.14. The minimum absolute atomic E-state index is 0.227. The van der Waals surface area contributed by atoms with Gasteiger partial charge < -0.3 is 15.4 Å². The first kappa shape index (κ1) is 15.1. The summed E-state index contributed by atoms with van der Waals surface area (Å²) in [6.07, 6.45) is 0. The monoisotopic (exact) mass is 306 g/mol. The summed E-state index contributed by atoms with van der Waals surface area (Å²) in [5.74, 6) is 0.764. The summed E-state index contributed by atoms with van der Waals surface area (Å²) >= 11 is 5.93. The third kappa shape index (κ3) is 3.82. The Morgan fingerprint density at radius 2 is 2.10 bits per heavy atom. The van der Waals surface area contributed by atoms with Crippen molar-refractivity contribution >= 4 is 29.0 Å². The van der Waals surface area contributed by atoms with Crippen LogP contribution in [0.4, 0.5) is 11.5 Å². The van der Waals surface area contributed by atoms with E-state index in [1.165, 1.54) is 7.11 Å². The lowest BCUT2D eigenvalue weighted by Gasteiger charge is -2.08. The molecule has 1 aromatic heterocycles. The lowest BCUT2D eigenvalue weighted by Crippen LogP contribution is -2.15. The zero-order valence-electron chi connectivity index (χ0n) is 11.7. The van der Waals surface area contributed by atoms with Crippen LogP contribution in [-0.2, 0) is 0 Å². The fourth-order valence-electron chi connectivity index (χ4n) is 1.66. The number of halogens is 1. The van der Waals surface area contributed by atoms with Gasteiger partial charge in [0.05, 0.1) is 12.1 Å². The second-order valence-corrected chi connectivity index (χ2v) is 4.54. The van der Waals surface area contributed by atoms with Crippen LogP contribution < -0.4 is 15.4 Å². The van der Waals surface area contributed by atoms with Crippen molar-refractivity contribution in [1.82, 2.24) is 10.2 Å². The van der Waals surface area contributed by atoms with Gasteiger partial charge in [0.2, 0.25) is 0 Å². The van der Waals surface area contributed by atoms with E-state index in [1.807, 2.05) is 6.92 Å². The number of aromatic nitrogens is 2. The van der Waals surface area contributed by atoms with Crippen molar-refractivity contribution in [2.75, 3.05) is 24.3 Å². The number of hydrogen-bond acceptors (Lipinski definition) is 5. The molecule has 1 heterocycles. The Bertz CT molecular complexity index is 631. The highest BCUT2D eigenvalue weighted by Gasteiger charge is 2.10. The number of hydrogen-bond donors (Lipinski definition) is 2. The second kappa shape index (κ2) is 6.90. The van der Waals surface area contributed by atoms with E-state index in [-0.39, 0.29) is 11.6 Å². The SMILES string of the molecule is CCNc1ccc(C(=O)Nc2ccc(Cl)c(OC)c2)nn1. The summed E-state index contributed by atoms with van der Waals surface area (Å²) in [7, 11) is 1.51. The molecule has 21 heavy (non-hydrogen) atoms. The van der Waals surface area contributed by atoms with Crippen molar-refractivity contribution in [2.24, 2.45) is 0 Å². The van der Waals surface area contributed by atoms with Crippen LogP contribution in [0.3, 0.4) is 0 Å². The smallest absolute Gasteiger partial charge is 0.276 e. The standard InChI is InChI=1S/C14H15ClN4O2/c1-3-16-13-7-6-11(18-19-13)14(20)17-9-4-5-10(15)12(8-9)21-2/h4-8H,3H2,1-2H3,(H,16,19)(H,17,20). The highest BCUT2D eigenvalue weighted by molar-refractivity contribution is 6.32. The van der Waals surface area contributed by atoms with Gasteiger partial charge in [0, 0.05) is 18.3 Å². The molecule has 0 saturated carbocycles. The van der Waals surface area contributed by atoms with Crippen LogP contribution in [-0.4, -0.2) is 29.8 Å². The van der Waals surface area contributed by atoms with Crippen molar-refractivity contribution in [3.05, 3.63) is 41.0 Å². The Labute approximate surface area is 127 Å². The molecule has 0 spiro atoms. The first-order valence-electron chi connectivity index (χ1n) is 6.36. The normalized spacial score (nSPS) is 10.0. The molecule has 1 amide bonds. The van der Waals surface area contributed by atoms with E-state index in [4.69, 9.17) is 16.3 Å². The van der Waals surface area contributed by atoms with Gasteiger partial charge in [0.25, 0.3) is 5.91 Å². The molecular formula is C14H15ClN4O2. The van der Waals surface area contributed by atoms with Crippen LogP contribution in [0.5, 0.6) is 5.75 Å². The number of amides is 1. The van der Waals surface area contributed by atoms with E-state index in [0.717, 1.165) is 6.54 Å². The summed E-state index contributed by atoms with van der Waals surface area (Å²) in [6.45, 7) is 2.70. The molecule has 1 aromatic carbocycles. The van der Waals surface area contributed by atoms with Crippen molar-refractivity contribution in [2.45, 2.75) is 6.92 Å². The van der Waals surface area contributed by atoms with Crippen LogP contribution in [0, 0.1) is 0 Å². The number of rotatable bonds is 5. The van der Waals surface area contributed by atoms with Gasteiger partial charge in [-0.05, 0) is 31.2 Å². The van der Waals surface area contributed by atoms with Gasteiger partial charge >= 0.3 is 0 Å². The van der Waals surface area contributed by atoms with Gasteiger partial charge in [-0.1, -0.05) is 11.6 Å². The molecule has 0 fully saturated rings. The van der Waals surface area contributed by atoms with Crippen molar-refractivity contribution < 1.29 is 9.53 Å². The number of carbonyl (C=O) groups excluding carboxylic acids is 1. The van der Waals surface area contributed by atoms with E-state index in [2.05, 4.69) is 20.8 Å². The van der Waals surface area contributed by atoms with Crippen LogP contribution in [0.1, 0.15) is 17.4 Å². The predicted molar refractivity (Wildman–Crippen MR) is 82.2 cm³/mol. The minimum Gasteiger partial charge on any atom is -0.495 e. The van der Waals surface area contributed by atoms with E-state index in [1.54, 1.807) is 30.3 Å². The largest absolute Gasteiger partial charge is 0.495 e. The zero-order chi connectivity index (χ0) is 15.2. The number of carbonyl (C=O) groups is 1. The number of anilines is 2. The summed E-state index contributed by atoms with van der Waals surface area (Å²) in [6, 6.07) is 8.28. The van der Waals surface area contributed by atoms with Gasteiger partial charge in [0.1, 0.15) is 11.6 Å². The molecule has 110 valence electrons. The lowest BCUT2D eigenvalue weighted by atomic mass is 10.3. The van der Waals surface area contributed by atoms with E-state index < -0.39 is 0 Å². The summed E-state index contributed by atoms with van der Waals surface area (Å²) in [4.78, 5) is 12.1. The molecule has 6 nitrogen and oxygen atoms in total. The molecule has 0 aliphatic carbocycles. The quantitative estimate of drug-likeness (QED) is 0.888. The average Bonchev–Trinajstić information content (AvgIpc) is 2.50. The minimum atomic E-state index is -0.352. The number of methoxy groups -OCH3 is 1. The highest BCUT2D eigenvalue weighted by Crippen LogP contribution is 2.27. The maximum Gasteiger partial charge on any atom is 0.276 e. The summed E-state index contributed by atoms with van der Waals surface area (Å²) in [5.41, 5.74) is 0.796. The molecule has 2 N–H and O–H groups in total. The third-order valence-electron chi connectivity index (χ3n) is 2.66. The zero-order valence-corrected chi connectivity index (χ0v) is 12.4.